The lowest BCUT2D eigenvalue weighted by Crippen LogP contribution is -2.52. The van der Waals surface area contributed by atoms with Gasteiger partial charge in [-0.1, -0.05) is 60.7 Å². The van der Waals surface area contributed by atoms with Crippen LogP contribution in [-0.2, 0) is 25.5 Å². The van der Waals surface area contributed by atoms with Gasteiger partial charge in [-0.05, 0) is 89.3 Å². The molecule has 3 aromatic rings. The first kappa shape index (κ1) is 34.9. The van der Waals surface area contributed by atoms with Crippen LogP contribution in [0, 0.1) is 0 Å². The third-order valence-corrected chi connectivity index (χ3v) is 6.52. The molecule has 0 aromatic heterocycles. The van der Waals surface area contributed by atoms with Crippen LogP contribution in [0.1, 0.15) is 59.9 Å². The minimum atomic E-state index is -0.996. The zero-order valence-electron chi connectivity index (χ0n) is 27.1. The average molecular weight is 619 g/mol. The molecular formula is C35H46N4O6. The van der Waals surface area contributed by atoms with Crippen molar-refractivity contribution in [1.29, 1.82) is 0 Å². The zero-order chi connectivity index (χ0) is 33.0. The highest BCUT2D eigenvalue weighted by atomic mass is 16.6. The number of carbonyl (C=O) groups is 4. The van der Waals surface area contributed by atoms with Gasteiger partial charge in [0.2, 0.25) is 11.8 Å². The van der Waals surface area contributed by atoms with Crippen LogP contribution in [0.3, 0.4) is 0 Å². The summed E-state index contributed by atoms with van der Waals surface area (Å²) >= 11 is 0. The minimum absolute atomic E-state index is 0.196. The van der Waals surface area contributed by atoms with E-state index in [0.717, 1.165) is 16.3 Å². The summed E-state index contributed by atoms with van der Waals surface area (Å²) in [7, 11) is 0. The second kappa shape index (κ2) is 15.9. The topological polar surface area (TPSA) is 126 Å². The summed E-state index contributed by atoms with van der Waals surface area (Å²) in [6.45, 7) is 10.8. The molecule has 0 aliphatic rings. The van der Waals surface area contributed by atoms with Gasteiger partial charge in [0.05, 0.1) is 6.54 Å². The highest BCUT2D eigenvalue weighted by molar-refractivity contribution is 5.97. The maximum absolute atomic E-state index is 14.0. The molecule has 0 aliphatic carbocycles. The molecule has 0 fully saturated rings. The quantitative estimate of drug-likeness (QED) is 0.212. The van der Waals surface area contributed by atoms with Gasteiger partial charge < -0.3 is 30.3 Å². The van der Waals surface area contributed by atoms with Crippen LogP contribution in [0.2, 0.25) is 0 Å². The van der Waals surface area contributed by atoms with Crippen molar-refractivity contribution in [3.05, 3.63) is 78.4 Å². The van der Waals surface area contributed by atoms with E-state index < -0.39 is 35.3 Å². The number of nitrogens with zero attached hydrogens (tertiary/aromatic N) is 1. The zero-order valence-corrected chi connectivity index (χ0v) is 27.1. The van der Waals surface area contributed by atoms with Gasteiger partial charge in [-0.2, -0.15) is 0 Å². The Hall–Kier alpha value is -4.60. The Morgan fingerprint density at radius 2 is 1.40 bits per heavy atom. The van der Waals surface area contributed by atoms with Gasteiger partial charge in [0.15, 0.2) is 0 Å². The van der Waals surface area contributed by atoms with E-state index in [4.69, 9.17) is 9.47 Å². The highest BCUT2D eigenvalue weighted by Gasteiger charge is 2.29. The fourth-order valence-corrected chi connectivity index (χ4v) is 4.56. The standard InChI is InChI=1S/C35H46N4O6/c1-34(2,3)44-32(42)36-21-12-17-29(38-33(43)45-35(4,5)6)31(41)39(22-20-25-13-8-7-9-14-25)24-30(40)37-28-19-18-26-15-10-11-16-27(26)23-28/h7-11,13-16,18-19,23,29H,12,17,20-22,24H2,1-6H3,(H,36,42)(H,37,40)(H,38,43)/t29-/m1/s1. The molecule has 4 amide bonds. The molecule has 242 valence electrons. The van der Waals surface area contributed by atoms with Crippen molar-refractivity contribution < 1.29 is 28.7 Å². The highest BCUT2D eigenvalue weighted by Crippen LogP contribution is 2.19. The molecule has 0 saturated carbocycles. The smallest absolute Gasteiger partial charge is 0.408 e. The summed E-state index contributed by atoms with van der Waals surface area (Å²) in [6, 6.07) is 22.1. The van der Waals surface area contributed by atoms with Gasteiger partial charge in [-0.3, -0.25) is 9.59 Å². The lowest BCUT2D eigenvalue weighted by molar-refractivity contribution is -0.136. The molecule has 0 saturated heterocycles. The van der Waals surface area contributed by atoms with Crippen LogP contribution in [0.5, 0.6) is 0 Å². The maximum Gasteiger partial charge on any atom is 0.408 e. The van der Waals surface area contributed by atoms with Crippen LogP contribution in [0.25, 0.3) is 10.8 Å². The number of nitrogens with one attached hydrogen (secondary N) is 3. The van der Waals surface area contributed by atoms with Gasteiger partial charge in [-0.25, -0.2) is 9.59 Å². The minimum Gasteiger partial charge on any atom is -0.444 e. The first-order valence-electron chi connectivity index (χ1n) is 15.3. The molecule has 10 heteroatoms. The lowest BCUT2D eigenvalue weighted by atomic mass is 10.1. The van der Waals surface area contributed by atoms with E-state index in [1.54, 1.807) is 41.5 Å². The molecule has 0 spiro atoms. The van der Waals surface area contributed by atoms with Gasteiger partial charge in [-0.15, -0.1) is 0 Å². The number of hydrogen-bond donors (Lipinski definition) is 3. The number of alkyl carbamates (subject to hydrolysis) is 2. The van der Waals surface area contributed by atoms with Crippen molar-refractivity contribution >= 4 is 40.5 Å². The Morgan fingerprint density at radius 1 is 0.778 bits per heavy atom. The largest absolute Gasteiger partial charge is 0.444 e. The van der Waals surface area contributed by atoms with Gasteiger partial charge in [0, 0.05) is 18.8 Å². The van der Waals surface area contributed by atoms with Gasteiger partial charge in [0.1, 0.15) is 17.2 Å². The van der Waals surface area contributed by atoms with Crippen molar-refractivity contribution in [3.63, 3.8) is 0 Å². The molecule has 3 rings (SSSR count). The van der Waals surface area contributed by atoms with E-state index in [1.807, 2.05) is 72.8 Å². The molecule has 0 heterocycles. The Morgan fingerprint density at radius 3 is 2.07 bits per heavy atom. The SMILES string of the molecule is CC(C)(C)OC(=O)NCCC[C@@H](NC(=O)OC(C)(C)C)C(=O)N(CCc1ccccc1)CC(=O)Nc1ccc2ccccc2c1. The number of carbonyl (C=O) groups excluding carboxylic acids is 4. The molecule has 0 unspecified atom stereocenters. The van der Waals surface area contributed by atoms with Gasteiger partial charge >= 0.3 is 12.2 Å². The molecular weight excluding hydrogens is 572 g/mol. The van der Waals surface area contributed by atoms with E-state index >= 15 is 0 Å². The monoisotopic (exact) mass is 618 g/mol. The molecule has 0 bridgehead atoms. The number of rotatable bonds is 12. The number of fused-ring (bicyclic) bond motifs is 1. The Bertz CT molecular complexity index is 1450. The average Bonchev–Trinajstić information content (AvgIpc) is 2.95. The lowest BCUT2D eigenvalue weighted by Gasteiger charge is -2.29. The van der Waals surface area contributed by atoms with Crippen LogP contribution in [0.4, 0.5) is 15.3 Å². The molecule has 10 nitrogen and oxygen atoms in total. The molecule has 3 aromatic carbocycles. The van der Waals surface area contributed by atoms with Crippen molar-refractivity contribution in [2.45, 2.75) is 78.0 Å². The first-order valence-corrected chi connectivity index (χ1v) is 15.3. The van der Waals surface area contributed by atoms with E-state index in [2.05, 4.69) is 16.0 Å². The van der Waals surface area contributed by atoms with E-state index in [9.17, 15) is 19.2 Å². The number of benzene rings is 3. The summed E-state index contributed by atoms with van der Waals surface area (Å²) in [5.74, 6) is -0.794. The van der Waals surface area contributed by atoms with Crippen LogP contribution >= 0.6 is 0 Å². The van der Waals surface area contributed by atoms with Crippen molar-refractivity contribution in [2.24, 2.45) is 0 Å². The summed E-state index contributed by atoms with van der Waals surface area (Å²) in [4.78, 5) is 53.6. The van der Waals surface area contributed by atoms with Gasteiger partial charge in [0.25, 0.3) is 0 Å². The number of ether oxygens (including phenoxy) is 2. The molecule has 3 N–H and O–H groups in total. The number of amides is 4. The van der Waals surface area contributed by atoms with E-state index in [0.29, 0.717) is 18.5 Å². The fraction of sp³-hybridized carbons (Fsp3) is 0.429. The summed E-state index contributed by atoms with van der Waals surface area (Å²) < 4.78 is 10.7. The second-order valence-corrected chi connectivity index (χ2v) is 12.9. The molecule has 0 aliphatic heterocycles. The Balaban J connectivity index is 1.76. The van der Waals surface area contributed by atoms with Crippen LogP contribution in [0.15, 0.2) is 72.8 Å². The second-order valence-electron chi connectivity index (χ2n) is 12.9. The normalized spacial score (nSPS) is 12.1. The molecule has 0 radical (unpaired) electrons. The summed E-state index contributed by atoms with van der Waals surface area (Å²) in [5.41, 5.74) is 0.199. The molecule has 45 heavy (non-hydrogen) atoms. The predicted molar refractivity (Wildman–Crippen MR) is 176 cm³/mol. The fourth-order valence-electron chi connectivity index (χ4n) is 4.56. The Kier molecular flexibility index (Phi) is 12.3. The first-order chi connectivity index (χ1) is 21.2. The predicted octanol–water partition coefficient (Wildman–Crippen LogP) is 6.05. The molecule has 1 atom stereocenters. The van der Waals surface area contributed by atoms with Crippen molar-refractivity contribution in [3.8, 4) is 0 Å². The maximum atomic E-state index is 14.0. The van der Waals surface area contributed by atoms with Crippen molar-refractivity contribution in [2.75, 3.05) is 25.0 Å². The van der Waals surface area contributed by atoms with Crippen molar-refractivity contribution in [1.82, 2.24) is 15.5 Å². The third kappa shape index (κ3) is 12.9. The van der Waals surface area contributed by atoms with Crippen LogP contribution < -0.4 is 16.0 Å². The summed E-state index contributed by atoms with van der Waals surface area (Å²) in [6.07, 6.45) is -0.247. The number of hydrogen-bond acceptors (Lipinski definition) is 6. The van der Waals surface area contributed by atoms with Crippen LogP contribution in [-0.4, -0.2) is 65.8 Å². The number of anilines is 1. The summed E-state index contributed by atoms with van der Waals surface area (Å²) in [5, 5.41) is 10.3. The van der Waals surface area contributed by atoms with E-state index in [-0.39, 0.29) is 32.0 Å². The Labute approximate surface area is 265 Å². The van der Waals surface area contributed by atoms with E-state index in [1.165, 1.54) is 4.90 Å². The third-order valence-electron chi connectivity index (χ3n) is 6.52.